The van der Waals surface area contributed by atoms with Gasteiger partial charge in [-0.25, -0.2) is 8.42 Å². The number of aryl methyl sites for hydroxylation is 1. The molecule has 1 aliphatic rings. The van der Waals surface area contributed by atoms with Crippen LogP contribution in [0.5, 0.6) is 0 Å². The van der Waals surface area contributed by atoms with E-state index in [-0.39, 0.29) is 16.8 Å². The van der Waals surface area contributed by atoms with Crippen LogP contribution in [0.3, 0.4) is 0 Å². The molecule has 6 nitrogen and oxygen atoms in total. The maximum atomic E-state index is 12.8. The van der Waals surface area contributed by atoms with Crippen molar-refractivity contribution in [2.45, 2.75) is 43.7 Å². The predicted molar refractivity (Wildman–Crippen MR) is 93.4 cm³/mol. The van der Waals surface area contributed by atoms with E-state index in [1.54, 1.807) is 30.3 Å². The normalized spacial score (nSPS) is 19.7. The van der Waals surface area contributed by atoms with E-state index in [1.165, 1.54) is 4.31 Å². The Balaban J connectivity index is 1.76. The highest BCUT2D eigenvalue weighted by Crippen LogP contribution is 2.27. The van der Waals surface area contributed by atoms with Gasteiger partial charge in [-0.1, -0.05) is 18.2 Å². The summed E-state index contributed by atoms with van der Waals surface area (Å²) in [4.78, 5) is 12.9. The van der Waals surface area contributed by atoms with Crippen molar-refractivity contribution >= 4 is 15.9 Å². The molecule has 0 radical (unpaired) electrons. The van der Waals surface area contributed by atoms with Gasteiger partial charge in [0.1, 0.15) is 17.6 Å². The highest BCUT2D eigenvalue weighted by molar-refractivity contribution is 7.89. The van der Waals surface area contributed by atoms with Crippen LogP contribution in [0, 0.1) is 6.92 Å². The molecule has 1 aromatic carbocycles. The maximum Gasteiger partial charge on any atom is 0.243 e. The van der Waals surface area contributed by atoms with Crippen LogP contribution < -0.4 is 5.32 Å². The monoisotopic (exact) mass is 362 g/mol. The molecule has 1 saturated heterocycles. The van der Waals surface area contributed by atoms with Crippen molar-refractivity contribution in [2.24, 2.45) is 0 Å². The molecule has 1 aliphatic heterocycles. The number of carbonyl (C=O) groups excluding carboxylic acids is 1. The Bertz CT molecular complexity index is 845. The Hall–Kier alpha value is -2.12. The van der Waals surface area contributed by atoms with Gasteiger partial charge in [-0.05, 0) is 51.0 Å². The zero-order chi connectivity index (χ0) is 18.0. The number of nitrogens with zero attached hydrogens (tertiary/aromatic N) is 1. The molecule has 2 atom stereocenters. The lowest BCUT2D eigenvalue weighted by atomic mass is 10.2. The van der Waals surface area contributed by atoms with E-state index in [0.717, 1.165) is 5.76 Å². The fourth-order valence-corrected chi connectivity index (χ4v) is 4.76. The van der Waals surface area contributed by atoms with Gasteiger partial charge in [0, 0.05) is 6.54 Å². The standard InChI is InChI=1S/C18H22N2O4S/c1-13-10-11-17(24-13)14(2)19-18(21)16-9-6-12-20(16)25(22,23)15-7-4-3-5-8-15/h3-5,7-8,10-11,14,16H,6,9,12H2,1-2H3,(H,19,21). The second-order valence-electron chi connectivity index (χ2n) is 6.27. The lowest BCUT2D eigenvalue weighted by Gasteiger charge is -2.24. The van der Waals surface area contributed by atoms with Gasteiger partial charge in [0.2, 0.25) is 15.9 Å². The first-order chi connectivity index (χ1) is 11.9. The van der Waals surface area contributed by atoms with Gasteiger partial charge in [0.15, 0.2) is 0 Å². The van der Waals surface area contributed by atoms with Gasteiger partial charge < -0.3 is 9.73 Å². The van der Waals surface area contributed by atoms with Crippen LogP contribution >= 0.6 is 0 Å². The number of hydrogen-bond acceptors (Lipinski definition) is 4. The molecule has 1 amide bonds. The van der Waals surface area contributed by atoms with Crippen LogP contribution in [0.1, 0.15) is 37.3 Å². The van der Waals surface area contributed by atoms with Crippen LogP contribution in [0.15, 0.2) is 51.8 Å². The van der Waals surface area contributed by atoms with Crippen LogP contribution in [0.25, 0.3) is 0 Å². The second kappa shape index (κ2) is 7.01. The van der Waals surface area contributed by atoms with Crippen molar-refractivity contribution in [1.82, 2.24) is 9.62 Å². The van der Waals surface area contributed by atoms with E-state index in [0.29, 0.717) is 25.1 Å². The number of nitrogens with one attached hydrogen (secondary N) is 1. The Kier molecular flexibility index (Phi) is 4.96. The third-order valence-electron chi connectivity index (χ3n) is 4.40. The van der Waals surface area contributed by atoms with Gasteiger partial charge in [-0.15, -0.1) is 0 Å². The number of rotatable bonds is 5. The lowest BCUT2D eigenvalue weighted by Crippen LogP contribution is -2.46. The summed E-state index contributed by atoms with van der Waals surface area (Å²) in [5.74, 6) is 1.13. The number of sulfonamides is 1. The van der Waals surface area contributed by atoms with E-state index in [4.69, 9.17) is 4.42 Å². The molecule has 7 heteroatoms. The summed E-state index contributed by atoms with van der Waals surface area (Å²) in [6, 6.07) is 10.9. The van der Waals surface area contributed by atoms with Gasteiger partial charge >= 0.3 is 0 Å². The first-order valence-electron chi connectivity index (χ1n) is 8.33. The number of hydrogen-bond donors (Lipinski definition) is 1. The van der Waals surface area contributed by atoms with Gasteiger partial charge in [-0.2, -0.15) is 4.31 Å². The molecule has 134 valence electrons. The second-order valence-corrected chi connectivity index (χ2v) is 8.16. The highest BCUT2D eigenvalue weighted by Gasteiger charge is 2.39. The van der Waals surface area contributed by atoms with Crippen LogP contribution in [0.2, 0.25) is 0 Å². The van der Waals surface area contributed by atoms with E-state index < -0.39 is 16.1 Å². The molecular formula is C18H22N2O4S. The third kappa shape index (κ3) is 3.62. The minimum absolute atomic E-state index is 0.212. The highest BCUT2D eigenvalue weighted by atomic mass is 32.2. The molecule has 1 fully saturated rings. The van der Waals surface area contributed by atoms with Crippen molar-refractivity contribution in [2.75, 3.05) is 6.54 Å². The molecule has 0 bridgehead atoms. The first kappa shape index (κ1) is 17.7. The van der Waals surface area contributed by atoms with Crippen molar-refractivity contribution in [3.8, 4) is 0 Å². The quantitative estimate of drug-likeness (QED) is 0.887. The molecule has 25 heavy (non-hydrogen) atoms. The summed E-state index contributed by atoms with van der Waals surface area (Å²) in [7, 11) is -3.68. The van der Waals surface area contributed by atoms with Crippen molar-refractivity contribution in [3.05, 3.63) is 54.0 Å². The summed E-state index contributed by atoms with van der Waals surface area (Å²) < 4.78 is 32.5. The van der Waals surface area contributed by atoms with Crippen LogP contribution in [-0.4, -0.2) is 31.2 Å². The number of amides is 1. The van der Waals surface area contributed by atoms with E-state index in [1.807, 2.05) is 26.0 Å². The zero-order valence-electron chi connectivity index (χ0n) is 14.3. The van der Waals surface area contributed by atoms with E-state index in [9.17, 15) is 13.2 Å². The summed E-state index contributed by atoms with van der Waals surface area (Å²) in [5.41, 5.74) is 0. The van der Waals surface area contributed by atoms with Crippen molar-refractivity contribution < 1.29 is 17.6 Å². The average Bonchev–Trinajstić information content (AvgIpc) is 3.25. The van der Waals surface area contributed by atoms with Crippen LogP contribution in [0.4, 0.5) is 0 Å². The molecule has 2 aromatic rings. The largest absolute Gasteiger partial charge is 0.464 e. The van der Waals surface area contributed by atoms with Gasteiger partial charge in [0.05, 0.1) is 10.9 Å². The molecule has 2 heterocycles. The number of furan rings is 1. The molecule has 0 saturated carbocycles. The van der Waals surface area contributed by atoms with Crippen molar-refractivity contribution in [3.63, 3.8) is 0 Å². The molecule has 1 aromatic heterocycles. The Morgan fingerprint density at radius 3 is 2.60 bits per heavy atom. The first-order valence-corrected chi connectivity index (χ1v) is 9.77. The molecule has 3 rings (SSSR count). The summed E-state index contributed by atoms with van der Waals surface area (Å²) in [6.45, 7) is 4.01. The summed E-state index contributed by atoms with van der Waals surface area (Å²) in [5, 5.41) is 2.87. The lowest BCUT2D eigenvalue weighted by molar-refractivity contribution is -0.125. The SMILES string of the molecule is Cc1ccc(C(C)NC(=O)C2CCCN2S(=O)(=O)c2ccccc2)o1. The summed E-state index contributed by atoms with van der Waals surface area (Å²) in [6.07, 6.45) is 1.18. The topological polar surface area (TPSA) is 79.6 Å². The Labute approximate surface area is 147 Å². The fraction of sp³-hybridized carbons (Fsp3) is 0.389. The minimum atomic E-state index is -3.68. The molecular weight excluding hydrogens is 340 g/mol. The smallest absolute Gasteiger partial charge is 0.243 e. The summed E-state index contributed by atoms with van der Waals surface area (Å²) >= 11 is 0. The maximum absolute atomic E-state index is 12.8. The Morgan fingerprint density at radius 1 is 1.24 bits per heavy atom. The predicted octanol–water partition coefficient (Wildman–Crippen LogP) is 2.62. The third-order valence-corrected chi connectivity index (χ3v) is 6.33. The number of benzene rings is 1. The fourth-order valence-electron chi connectivity index (χ4n) is 3.08. The zero-order valence-corrected chi connectivity index (χ0v) is 15.1. The molecule has 0 spiro atoms. The number of carbonyl (C=O) groups is 1. The van der Waals surface area contributed by atoms with E-state index in [2.05, 4.69) is 5.32 Å². The van der Waals surface area contributed by atoms with Gasteiger partial charge in [-0.3, -0.25) is 4.79 Å². The van der Waals surface area contributed by atoms with E-state index >= 15 is 0 Å². The average molecular weight is 362 g/mol. The minimum Gasteiger partial charge on any atom is -0.464 e. The molecule has 2 unspecified atom stereocenters. The van der Waals surface area contributed by atoms with Gasteiger partial charge in [0.25, 0.3) is 0 Å². The van der Waals surface area contributed by atoms with Crippen LogP contribution in [-0.2, 0) is 14.8 Å². The Morgan fingerprint density at radius 2 is 1.96 bits per heavy atom. The molecule has 1 N–H and O–H groups in total. The van der Waals surface area contributed by atoms with Crippen molar-refractivity contribution in [1.29, 1.82) is 0 Å². The molecule has 0 aliphatic carbocycles.